The number of morpholine rings is 1. The maximum absolute atomic E-state index is 5.81. The SMILES string of the molecule is CCNC(=NCc1ccc(N2CC(C)OC(C)C2)nc1)NCc1nc(C)c(C)s1. The van der Waals surface area contributed by atoms with Gasteiger partial charge in [0.1, 0.15) is 10.8 Å². The quantitative estimate of drug-likeness (QED) is 0.557. The average molecular weight is 417 g/mol. The number of aliphatic imine (C=N–C) groups is 1. The first-order chi connectivity index (χ1) is 13.9. The molecule has 0 bridgehead atoms. The number of aromatic nitrogens is 2. The van der Waals surface area contributed by atoms with Gasteiger partial charge in [0.25, 0.3) is 0 Å². The molecule has 3 heterocycles. The molecule has 0 spiro atoms. The lowest BCUT2D eigenvalue weighted by atomic mass is 10.2. The third-order valence-electron chi connectivity index (χ3n) is 4.80. The molecule has 0 aliphatic carbocycles. The third-order valence-corrected chi connectivity index (χ3v) is 5.87. The summed E-state index contributed by atoms with van der Waals surface area (Å²) < 4.78 is 5.81. The first-order valence-electron chi connectivity index (χ1n) is 10.2. The summed E-state index contributed by atoms with van der Waals surface area (Å²) in [6, 6.07) is 4.19. The molecule has 158 valence electrons. The first kappa shape index (κ1) is 21.5. The minimum atomic E-state index is 0.226. The second-order valence-corrected chi connectivity index (χ2v) is 8.77. The summed E-state index contributed by atoms with van der Waals surface area (Å²) in [5, 5.41) is 7.73. The van der Waals surface area contributed by atoms with Gasteiger partial charge in [-0.15, -0.1) is 11.3 Å². The Morgan fingerprint density at radius 2 is 2.00 bits per heavy atom. The Balaban J connectivity index is 1.58. The maximum atomic E-state index is 5.81. The minimum absolute atomic E-state index is 0.226. The lowest BCUT2D eigenvalue weighted by Gasteiger charge is -2.36. The summed E-state index contributed by atoms with van der Waals surface area (Å²) in [5.41, 5.74) is 2.19. The summed E-state index contributed by atoms with van der Waals surface area (Å²) in [4.78, 5) is 17.5. The molecule has 0 saturated carbocycles. The molecule has 7 nitrogen and oxygen atoms in total. The van der Waals surface area contributed by atoms with Crippen molar-refractivity contribution in [3.63, 3.8) is 0 Å². The Kier molecular flexibility index (Phi) is 7.44. The zero-order valence-corrected chi connectivity index (χ0v) is 18.8. The average Bonchev–Trinajstić information content (AvgIpc) is 3.01. The number of guanidine groups is 1. The van der Waals surface area contributed by atoms with Crippen molar-refractivity contribution in [2.24, 2.45) is 4.99 Å². The van der Waals surface area contributed by atoms with E-state index < -0.39 is 0 Å². The Morgan fingerprint density at radius 1 is 1.24 bits per heavy atom. The van der Waals surface area contributed by atoms with Gasteiger partial charge in [-0.05, 0) is 46.2 Å². The van der Waals surface area contributed by atoms with E-state index in [0.717, 1.165) is 47.7 Å². The van der Waals surface area contributed by atoms with E-state index in [0.29, 0.717) is 13.1 Å². The summed E-state index contributed by atoms with van der Waals surface area (Å²) in [6.45, 7) is 14.2. The van der Waals surface area contributed by atoms with E-state index >= 15 is 0 Å². The number of hydrogen-bond acceptors (Lipinski definition) is 6. The van der Waals surface area contributed by atoms with Crippen LogP contribution in [0.5, 0.6) is 0 Å². The zero-order chi connectivity index (χ0) is 20.8. The monoisotopic (exact) mass is 416 g/mol. The Morgan fingerprint density at radius 3 is 2.59 bits per heavy atom. The van der Waals surface area contributed by atoms with Crippen LogP contribution in [0.4, 0.5) is 5.82 Å². The number of nitrogens with one attached hydrogen (secondary N) is 2. The van der Waals surface area contributed by atoms with Crippen LogP contribution in [0.25, 0.3) is 0 Å². The van der Waals surface area contributed by atoms with E-state index in [2.05, 4.69) is 65.3 Å². The highest BCUT2D eigenvalue weighted by molar-refractivity contribution is 7.11. The van der Waals surface area contributed by atoms with Gasteiger partial charge in [0, 0.05) is 30.7 Å². The molecule has 2 aromatic heterocycles. The second kappa shape index (κ2) is 10.0. The molecule has 2 N–H and O–H groups in total. The lowest BCUT2D eigenvalue weighted by Crippen LogP contribution is -2.45. The zero-order valence-electron chi connectivity index (χ0n) is 18.0. The first-order valence-corrected chi connectivity index (χ1v) is 11.1. The van der Waals surface area contributed by atoms with Gasteiger partial charge in [0.15, 0.2) is 5.96 Å². The number of thiazole rings is 1. The van der Waals surface area contributed by atoms with E-state index in [4.69, 9.17) is 9.73 Å². The summed E-state index contributed by atoms with van der Waals surface area (Å²) in [5.74, 6) is 1.79. The van der Waals surface area contributed by atoms with Gasteiger partial charge in [-0.25, -0.2) is 15.0 Å². The van der Waals surface area contributed by atoms with Crippen LogP contribution in [0.3, 0.4) is 0 Å². The van der Waals surface area contributed by atoms with Gasteiger partial charge in [-0.1, -0.05) is 6.07 Å². The van der Waals surface area contributed by atoms with E-state index in [1.54, 1.807) is 11.3 Å². The molecule has 2 aromatic rings. The van der Waals surface area contributed by atoms with Crippen molar-refractivity contribution in [2.45, 2.75) is 59.9 Å². The molecule has 0 aromatic carbocycles. The van der Waals surface area contributed by atoms with Crippen molar-refractivity contribution in [3.8, 4) is 0 Å². The summed E-state index contributed by atoms with van der Waals surface area (Å²) in [6.07, 6.45) is 2.37. The highest BCUT2D eigenvalue weighted by Crippen LogP contribution is 2.19. The largest absolute Gasteiger partial charge is 0.372 e. The number of pyridine rings is 1. The fourth-order valence-electron chi connectivity index (χ4n) is 3.35. The Hall–Kier alpha value is -2.19. The molecule has 29 heavy (non-hydrogen) atoms. The number of ether oxygens (including phenoxy) is 1. The van der Waals surface area contributed by atoms with Gasteiger partial charge in [0.05, 0.1) is 31.0 Å². The molecule has 2 unspecified atom stereocenters. The molecular formula is C21H32N6OS. The van der Waals surface area contributed by atoms with Crippen LogP contribution in [0.1, 0.15) is 41.9 Å². The molecular weight excluding hydrogens is 384 g/mol. The summed E-state index contributed by atoms with van der Waals surface area (Å²) >= 11 is 1.72. The normalized spacial score (nSPS) is 20.0. The molecule has 1 saturated heterocycles. The van der Waals surface area contributed by atoms with E-state index in [1.807, 2.05) is 13.1 Å². The van der Waals surface area contributed by atoms with Crippen molar-refractivity contribution in [1.82, 2.24) is 20.6 Å². The number of aryl methyl sites for hydroxylation is 2. The minimum Gasteiger partial charge on any atom is -0.372 e. The van der Waals surface area contributed by atoms with Crippen molar-refractivity contribution in [2.75, 3.05) is 24.5 Å². The topological polar surface area (TPSA) is 74.7 Å². The van der Waals surface area contributed by atoms with Crippen molar-refractivity contribution in [1.29, 1.82) is 0 Å². The number of hydrogen-bond donors (Lipinski definition) is 2. The maximum Gasteiger partial charge on any atom is 0.191 e. The second-order valence-electron chi connectivity index (χ2n) is 7.48. The molecule has 0 amide bonds. The van der Waals surface area contributed by atoms with Crippen LogP contribution >= 0.6 is 11.3 Å². The number of nitrogens with zero attached hydrogens (tertiary/aromatic N) is 4. The fraction of sp³-hybridized carbons (Fsp3) is 0.571. The van der Waals surface area contributed by atoms with E-state index in [9.17, 15) is 0 Å². The predicted octanol–water partition coefficient (Wildman–Crippen LogP) is 3.02. The molecule has 0 radical (unpaired) electrons. The van der Waals surface area contributed by atoms with Crippen LogP contribution in [0.2, 0.25) is 0 Å². The van der Waals surface area contributed by atoms with Crippen LogP contribution < -0.4 is 15.5 Å². The third kappa shape index (κ3) is 6.14. The van der Waals surface area contributed by atoms with Crippen LogP contribution in [0, 0.1) is 13.8 Å². The molecule has 1 aliphatic rings. The van der Waals surface area contributed by atoms with Gasteiger partial charge in [0.2, 0.25) is 0 Å². The fourth-order valence-corrected chi connectivity index (χ4v) is 4.22. The van der Waals surface area contributed by atoms with Crippen molar-refractivity contribution < 1.29 is 4.74 Å². The number of rotatable bonds is 6. The van der Waals surface area contributed by atoms with Gasteiger partial charge >= 0.3 is 0 Å². The van der Waals surface area contributed by atoms with Crippen molar-refractivity contribution in [3.05, 3.63) is 39.5 Å². The Labute approximate surface area is 177 Å². The molecule has 1 fully saturated rings. The van der Waals surface area contributed by atoms with E-state index in [-0.39, 0.29) is 12.2 Å². The van der Waals surface area contributed by atoms with Crippen molar-refractivity contribution >= 4 is 23.1 Å². The van der Waals surface area contributed by atoms with Gasteiger partial charge < -0.3 is 20.3 Å². The van der Waals surface area contributed by atoms with Crippen LogP contribution in [-0.2, 0) is 17.8 Å². The highest BCUT2D eigenvalue weighted by atomic mass is 32.1. The molecule has 8 heteroatoms. The number of anilines is 1. The summed E-state index contributed by atoms with van der Waals surface area (Å²) in [7, 11) is 0. The van der Waals surface area contributed by atoms with Crippen LogP contribution in [0.15, 0.2) is 23.3 Å². The van der Waals surface area contributed by atoms with Crippen LogP contribution in [-0.4, -0.2) is 47.8 Å². The highest BCUT2D eigenvalue weighted by Gasteiger charge is 2.22. The van der Waals surface area contributed by atoms with Gasteiger partial charge in [-0.2, -0.15) is 0 Å². The standard InChI is InChI=1S/C21H32N6OS/c1-6-22-21(25-11-20-26-16(4)17(5)29-20)24-10-18-7-8-19(23-9-18)27-12-14(2)28-15(3)13-27/h7-9,14-15H,6,10-13H2,1-5H3,(H2,22,24,25). The van der Waals surface area contributed by atoms with Gasteiger partial charge in [-0.3, -0.25) is 0 Å². The van der Waals surface area contributed by atoms with E-state index in [1.165, 1.54) is 4.88 Å². The predicted molar refractivity (Wildman–Crippen MR) is 120 cm³/mol. The Bertz CT molecular complexity index is 790. The smallest absolute Gasteiger partial charge is 0.191 e. The molecule has 1 aliphatic heterocycles. The lowest BCUT2D eigenvalue weighted by molar-refractivity contribution is -0.00545. The molecule has 3 rings (SSSR count). The molecule has 2 atom stereocenters.